The standard InChI is InChI=1S/C49H58N2O7/c1-6-26-55-49-45(51(5)48(54)37-20-19-34-14-8-9-15-35(34)28-37)31-43(50-56-7-2)41-29-36(16-10-12-24-52)40(17-11-13-25-53)46(47(41)49)42-30-39(22-23-44(42)58-49)57-38-21-18-32(3)33(4)27-38/h6,8-9,14-15,18-23,27-30,36,40,45-47,52-53H,1,7,10-13,16-17,24-26,31H2,2-5H3/t36-,40+,45-,46+,47+,49+/m0/s1. The minimum atomic E-state index is -1.33. The summed E-state index contributed by atoms with van der Waals surface area (Å²) in [7, 11) is 1.84. The van der Waals surface area contributed by atoms with Crippen molar-refractivity contribution in [1.82, 2.24) is 4.90 Å². The number of benzene rings is 4. The first kappa shape index (κ1) is 41.2. The molecular formula is C49H58N2O7. The van der Waals surface area contributed by atoms with Crippen molar-refractivity contribution in [3.63, 3.8) is 0 Å². The lowest BCUT2D eigenvalue weighted by Gasteiger charge is -2.59. The smallest absolute Gasteiger partial charge is 0.254 e. The first-order valence-corrected chi connectivity index (χ1v) is 20.9. The summed E-state index contributed by atoms with van der Waals surface area (Å²) in [5, 5.41) is 26.6. The van der Waals surface area contributed by atoms with Crippen LogP contribution in [-0.2, 0) is 9.57 Å². The van der Waals surface area contributed by atoms with E-state index in [0.29, 0.717) is 42.9 Å². The van der Waals surface area contributed by atoms with Gasteiger partial charge in [-0.3, -0.25) is 4.79 Å². The zero-order valence-corrected chi connectivity index (χ0v) is 34.4. The highest BCUT2D eigenvalue weighted by atomic mass is 16.7. The summed E-state index contributed by atoms with van der Waals surface area (Å²) in [6.07, 6.45) is 9.25. The van der Waals surface area contributed by atoms with Crippen molar-refractivity contribution in [1.29, 1.82) is 0 Å². The molecule has 1 saturated carbocycles. The third-order valence-corrected chi connectivity index (χ3v) is 12.4. The Hall–Kier alpha value is -4.96. The van der Waals surface area contributed by atoms with E-state index in [2.05, 4.69) is 44.7 Å². The molecule has 1 aliphatic heterocycles. The van der Waals surface area contributed by atoms with Gasteiger partial charge in [-0.05, 0) is 128 Å². The van der Waals surface area contributed by atoms with Crippen molar-refractivity contribution in [2.45, 2.75) is 83.5 Å². The van der Waals surface area contributed by atoms with Gasteiger partial charge in [-0.1, -0.05) is 66.5 Å². The summed E-state index contributed by atoms with van der Waals surface area (Å²) in [6, 6.07) is 25.4. The molecule has 0 bridgehead atoms. The first-order chi connectivity index (χ1) is 28.2. The Bertz CT molecular complexity index is 2160. The minimum absolute atomic E-state index is 0.110. The summed E-state index contributed by atoms with van der Waals surface area (Å²) in [4.78, 5) is 22.4. The van der Waals surface area contributed by atoms with Crippen LogP contribution in [0.1, 0.15) is 84.8 Å². The largest absolute Gasteiger partial charge is 0.459 e. The number of aliphatic hydroxyl groups is 2. The van der Waals surface area contributed by atoms with Crippen LogP contribution in [0.25, 0.3) is 10.8 Å². The van der Waals surface area contributed by atoms with Gasteiger partial charge in [-0.2, -0.15) is 0 Å². The second kappa shape index (κ2) is 18.3. The molecule has 2 N–H and O–H groups in total. The molecule has 6 atom stereocenters. The number of hydrogen-bond donors (Lipinski definition) is 2. The number of oxime groups is 1. The van der Waals surface area contributed by atoms with Crippen molar-refractivity contribution in [3.05, 3.63) is 125 Å². The summed E-state index contributed by atoms with van der Waals surface area (Å²) in [5.74, 6) is 0.364. The maximum absolute atomic E-state index is 14.7. The van der Waals surface area contributed by atoms with E-state index in [4.69, 9.17) is 24.2 Å². The van der Waals surface area contributed by atoms with E-state index in [1.54, 1.807) is 11.0 Å². The number of fused-ring (bicyclic) bond motifs is 3. The number of amides is 1. The minimum Gasteiger partial charge on any atom is -0.459 e. The SMILES string of the molecule is C=CCO[C@@]12Oc3ccc(Oc4ccc(C)c(C)c4)cc3[C@H]3[C@H](CCCCO)[C@@H](CCCCO)C=C(C(=NOCC)C[C@@H]1N(C)C(=O)c1ccc4ccccc4c1)[C@H]32. The van der Waals surface area contributed by atoms with Crippen molar-refractivity contribution in [2.24, 2.45) is 22.9 Å². The van der Waals surface area contributed by atoms with Gasteiger partial charge in [0.1, 0.15) is 29.9 Å². The average Bonchev–Trinajstić information content (AvgIpc) is 3.24. The molecule has 7 rings (SSSR count). The van der Waals surface area contributed by atoms with E-state index in [1.165, 1.54) is 5.56 Å². The number of likely N-dealkylation sites (N-methyl/N-ethyl adjacent to an activating group) is 1. The van der Waals surface area contributed by atoms with Gasteiger partial charge in [0.15, 0.2) is 0 Å². The lowest BCUT2D eigenvalue weighted by atomic mass is 9.55. The predicted molar refractivity (Wildman–Crippen MR) is 229 cm³/mol. The summed E-state index contributed by atoms with van der Waals surface area (Å²) < 4.78 is 20.9. The normalized spacial score (nSPS) is 24.0. The molecule has 306 valence electrons. The van der Waals surface area contributed by atoms with Crippen LogP contribution in [0.3, 0.4) is 0 Å². The molecule has 0 saturated heterocycles. The Labute approximate surface area is 342 Å². The third-order valence-electron chi connectivity index (χ3n) is 12.4. The van der Waals surface area contributed by atoms with Gasteiger partial charge in [-0.15, -0.1) is 6.58 Å². The highest BCUT2D eigenvalue weighted by molar-refractivity contribution is 6.04. The van der Waals surface area contributed by atoms with E-state index < -0.39 is 17.7 Å². The maximum atomic E-state index is 14.7. The van der Waals surface area contributed by atoms with Crippen molar-refractivity contribution >= 4 is 22.4 Å². The van der Waals surface area contributed by atoms with E-state index >= 15 is 0 Å². The van der Waals surface area contributed by atoms with Gasteiger partial charge < -0.3 is 34.2 Å². The van der Waals surface area contributed by atoms with Gasteiger partial charge in [0.05, 0.1) is 18.2 Å². The second-order valence-corrected chi connectivity index (χ2v) is 16.0. The summed E-state index contributed by atoms with van der Waals surface area (Å²) in [6.45, 7) is 11.0. The Balaban J connectivity index is 1.42. The van der Waals surface area contributed by atoms with Gasteiger partial charge in [0.25, 0.3) is 5.91 Å². The van der Waals surface area contributed by atoms with Crippen molar-refractivity contribution in [3.8, 4) is 17.2 Å². The molecule has 4 aromatic rings. The second-order valence-electron chi connectivity index (χ2n) is 16.0. The van der Waals surface area contributed by atoms with Crippen molar-refractivity contribution < 1.29 is 34.1 Å². The summed E-state index contributed by atoms with van der Waals surface area (Å²) >= 11 is 0. The molecule has 0 aromatic heterocycles. The fraction of sp³-hybridized carbons (Fsp3) is 0.429. The number of allylic oxidation sites excluding steroid dienone is 1. The van der Waals surface area contributed by atoms with Crippen LogP contribution in [-0.4, -0.2) is 72.0 Å². The predicted octanol–water partition coefficient (Wildman–Crippen LogP) is 9.67. The van der Waals surface area contributed by atoms with Gasteiger partial charge in [0.2, 0.25) is 5.79 Å². The molecule has 0 unspecified atom stereocenters. The number of nitrogens with zero attached hydrogens (tertiary/aromatic N) is 2. The molecule has 1 fully saturated rings. The molecule has 1 amide bonds. The molecule has 1 heterocycles. The van der Waals surface area contributed by atoms with Gasteiger partial charge in [0, 0.05) is 43.7 Å². The number of hydrogen-bond acceptors (Lipinski definition) is 8. The van der Waals surface area contributed by atoms with E-state index in [1.807, 2.05) is 74.6 Å². The van der Waals surface area contributed by atoms with Gasteiger partial charge in [-0.25, -0.2) is 0 Å². The average molecular weight is 787 g/mol. The molecule has 2 aliphatic carbocycles. The topological polar surface area (TPSA) is 110 Å². The number of rotatable bonds is 17. The van der Waals surface area contributed by atoms with Crippen molar-refractivity contribution in [2.75, 3.05) is 33.5 Å². The zero-order valence-electron chi connectivity index (χ0n) is 34.4. The lowest BCUT2D eigenvalue weighted by Crippen LogP contribution is -2.69. The molecular weight excluding hydrogens is 729 g/mol. The molecule has 3 aliphatic rings. The Morgan fingerprint density at radius 3 is 2.41 bits per heavy atom. The van der Waals surface area contributed by atoms with Crippen LogP contribution >= 0.6 is 0 Å². The van der Waals surface area contributed by atoms with E-state index in [9.17, 15) is 15.0 Å². The lowest BCUT2D eigenvalue weighted by molar-refractivity contribution is -0.252. The maximum Gasteiger partial charge on any atom is 0.254 e. The fourth-order valence-corrected chi connectivity index (χ4v) is 9.51. The Kier molecular flexibility index (Phi) is 13.0. The highest BCUT2D eigenvalue weighted by Gasteiger charge is 2.65. The molecule has 4 aromatic carbocycles. The number of aryl methyl sites for hydroxylation is 2. The molecule has 0 radical (unpaired) electrons. The summed E-state index contributed by atoms with van der Waals surface area (Å²) in [5.41, 5.74) is 5.70. The fourth-order valence-electron chi connectivity index (χ4n) is 9.51. The third kappa shape index (κ3) is 8.17. The number of aliphatic hydroxyl groups excluding tert-OH is 2. The van der Waals surface area contributed by atoms with Crippen LogP contribution < -0.4 is 9.47 Å². The number of carbonyl (C=O) groups excluding carboxylic acids is 1. The quantitative estimate of drug-likeness (QED) is 0.0623. The highest BCUT2D eigenvalue weighted by Crippen LogP contribution is 2.62. The number of ether oxygens (including phenoxy) is 3. The van der Waals surface area contributed by atoms with Crippen LogP contribution in [0.15, 0.2) is 108 Å². The van der Waals surface area contributed by atoms with E-state index in [-0.39, 0.29) is 43.5 Å². The van der Waals surface area contributed by atoms with Crippen LogP contribution in [0.2, 0.25) is 0 Å². The molecule has 9 heteroatoms. The zero-order chi connectivity index (χ0) is 40.8. The Morgan fingerprint density at radius 2 is 1.67 bits per heavy atom. The van der Waals surface area contributed by atoms with Crippen LogP contribution in [0, 0.1) is 31.6 Å². The number of carbonyl (C=O) groups is 1. The van der Waals surface area contributed by atoms with Crippen LogP contribution in [0.4, 0.5) is 0 Å². The molecule has 9 nitrogen and oxygen atoms in total. The monoisotopic (exact) mass is 786 g/mol. The first-order valence-electron chi connectivity index (χ1n) is 20.9. The Morgan fingerprint density at radius 1 is 0.931 bits per heavy atom. The molecule has 58 heavy (non-hydrogen) atoms. The van der Waals surface area contributed by atoms with E-state index in [0.717, 1.165) is 64.6 Å². The van der Waals surface area contributed by atoms with Gasteiger partial charge >= 0.3 is 0 Å². The molecule has 0 spiro atoms. The van der Waals surface area contributed by atoms with Crippen LogP contribution in [0.5, 0.6) is 17.2 Å². The number of unbranched alkanes of at least 4 members (excludes halogenated alkanes) is 2.